The highest BCUT2D eigenvalue weighted by atomic mass is 14.9. The van der Waals surface area contributed by atoms with Crippen LogP contribution in [-0.2, 0) is 5.41 Å². The second kappa shape index (κ2) is 12.9. The molecule has 0 bridgehead atoms. The van der Waals surface area contributed by atoms with E-state index in [1.807, 2.05) is 6.07 Å². The normalized spacial score (nSPS) is 12.9. The summed E-state index contributed by atoms with van der Waals surface area (Å²) >= 11 is 0. The SMILES string of the molecule is CC1(C)c2ccccc2-c2cc3c(-c4cc(-c5nc(-c6ccccc6)cc(-c6cccc7ccccc67)n5)cc5ccccc45)cc(-c4ccccc4)nc3cc21. The maximum atomic E-state index is 5.39. The van der Waals surface area contributed by atoms with Gasteiger partial charge in [-0.05, 0) is 91.3 Å². The lowest BCUT2D eigenvalue weighted by atomic mass is 9.82. The van der Waals surface area contributed by atoms with Crippen molar-refractivity contribution in [2.45, 2.75) is 19.3 Å². The van der Waals surface area contributed by atoms with Gasteiger partial charge in [0.05, 0.1) is 22.6 Å². The van der Waals surface area contributed by atoms with E-state index in [1.165, 1.54) is 33.0 Å². The van der Waals surface area contributed by atoms with Gasteiger partial charge in [-0.15, -0.1) is 0 Å². The Morgan fingerprint density at radius 1 is 0.333 bits per heavy atom. The van der Waals surface area contributed by atoms with E-state index in [2.05, 4.69) is 196 Å². The molecule has 268 valence electrons. The lowest BCUT2D eigenvalue weighted by Crippen LogP contribution is -2.14. The summed E-state index contributed by atoms with van der Waals surface area (Å²) in [5, 5.41) is 5.77. The first-order chi connectivity index (χ1) is 28.0. The number of benzene rings is 8. The van der Waals surface area contributed by atoms with Crippen LogP contribution in [0.1, 0.15) is 25.0 Å². The van der Waals surface area contributed by atoms with Crippen molar-refractivity contribution in [2.24, 2.45) is 0 Å². The summed E-state index contributed by atoms with van der Waals surface area (Å²) in [5.41, 5.74) is 15.2. The van der Waals surface area contributed by atoms with E-state index in [-0.39, 0.29) is 5.41 Å². The highest BCUT2D eigenvalue weighted by Gasteiger charge is 2.36. The number of nitrogens with zero attached hydrogens (tertiary/aromatic N) is 3. The molecule has 0 radical (unpaired) electrons. The molecule has 1 aliphatic carbocycles. The van der Waals surface area contributed by atoms with Gasteiger partial charge in [0.15, 0.2) is 5.82 Å². The van der Waals surface area contributed by atoms with E-state index in [9.17, 15) is 0 Å². The number of hydrogen-bond acceptors (Lipinski definition) is 3. The zero-order valence-corrected chi connectivity index (χ0v) is 31.7. The van der Waals surface area contributed by atoms with Gasteiger partial charge in [0.2, 0.25) is 0 Å². The van der Waals surface area contributed by atoms with E-state index >= 15 is 0 Å². The molecule has 0 aliphatic heterocycles. The van der Waals surface area contributed by atoms with Crippen LogP contribution in [0.3, 0.4) is 0 Å². The Bertz CT molecular complexity index is 3200. The summed E-state index contributed by atoms with van der Waals surface area (Å²) in [6.45, 7) is 4.66. The summed E-state index contributed by atoms with van der Waals surface area (Å²) in [4.78, 5) is 16.1. The van der Waals surface area contributed by atoms with Gasteiger partial charge < -0.3 is 0 Å². The number of aromatic nitrogens is 3. The Morgan fingerprint density at radius 2 is 0.912 bits per heavy atom. The molecule has 2 aromatic heterocycles. The molecule has 0 fully saturated rings. The number of hydrogen-bond donors (Lipinski definition) is 0. The second-order valence-electron chi connectivity index (χ2n) is 15.6. The van der Waals surface area contributed by atoms with Crippen molar-refractivity contribution in [3.63, 3.8) is 0 Å². The molecule has 2 heterocycles. The monoisotopic (exact) mass is 727 g/mol. The molecule has 11 rings (SSSR count). The van der Waals surface area contributed by atoms with Crippen molar-refractivity contribution >= 4 is 32.4 Å². The molecule has 0 amide bonds. The maximum absolute atomic E-state index is 5.39. The van der Waals surface area contributed by atoms with Crippen LogP contribution < -0.4 is 0 Å². The molecule has 0 unspecified atom stereocenters. The smallest absolute Gasteiger partial charge is 0.160 e. The molecule has 10 aromatic rings. The van der Waals surface area contributed by atoms with Crippen molar-refractivity contribution in [3.05, 3.63) is 199 Å². The lowest BCUT2D eigenvalue weighted by Gasteiger charge is -2.22. The minimum atomic E-state index is -0.139. The van der Waals surface area contributed by atoms with Crippen LogP contribution >= 0.6 is 0 Å². The van der Waals surface area contributed by atoms with Crippen molar-refractivity contribution in [1.82, 2.24) is 15.0 Å². The van der Waals surface area contributed by atoms with E-state index in [0.29, 0.717) is 5.82 Å². The van der Waals surface area contributed by atoms with Gasteiger partial charge in [0.1, 0.15) is 0 Å². The molecule has 8 aromatic carbocycles. The fraction of sp³-hybridized carbons (Fsp3) is 0.0556. The number of pyridine rings is 1. The predicted molar refractivity (Wildman–Crippen MR) is 237 cm³/mol. The third kappa shape index (κ3) is 5.46. The van der Waals surface area contributed by atoms with Gasteiger partial charge in [0.25, 0.3) is 0 Å². The minimum Gasteiger partial charge on any atom is -0.248 e. The van der Waals surface area contributed by atoms with Crippen LogP contribution in [0.25, 0.3) is 99.9 Å². The molecular weight excluding hydrogens is 691 g/mol. The molecule has 1 aliphatic rings. The van der Waals surface area contributed by atoms with Gasteiger partial charge in [-0.2, -0.15) is 0 Å². The average molecular weight is 728 g/mol. The molecule has 0 atom stereocenters. The third-order valence-corrected chi connectivity index (χ3v) is 11.9. The fourth-order valence-electron chi connectivity index (χ4n) is 8.98. The molecule has 0 saturated heterocycles. The van der Waals surface area contributed by atoms with Crippen LogP contribution in [0.15, 0.2) is 188 Å². The molecule has 57 heavy (non-hydrogen) atoms. The number of fused-ring (bicyclic) bond motifs is 6. The molecular formula is C54H37N3. The fourth-order valence-corrected chi connectivity index (χ4v) is 8.98. The molecule has 3 nitrogen and oxygen atoms in total. The predicted octanol–water partition coefficient (Wildman–Crippen LogP) is 14.0. The Kier molecular flexibility index (Phi) is 7.52. The lowest BCUT2D eigenvalue weighted by molar-refractivity contribution is 0.661. The largest absolute Gasteiger partial charge is 0.248 e. The van der Waals surface area contributed by atoms with Crippen LogP contribution in [-0.4, -0.2) is 15.0 Å². The van der Waals surface area contributed by atoms with Gasteiger partial charge >= 0.3 is 0 Å². The maximum Gasteiger partial charge on any atom is 0.160 e. The zero-order valence-electron chi connectivity index (χ0n) is 31.7. The first-order valence-corrected chi connectivity index (χ1v) is 19.6. The quantitative estimate of drug-likeness (QED) is 0.177. The first kappa shape index (κ1) is 33.1. The Hall–Kier alpha value is -7.23. The first-order valence-electron chi connectivity index (χ1n) is 19.6. The van der Waals surface area contributed by atoms with Crippen molar-refractivity contribution in [2.75, 3.05) is 0 Å². The molecule has 3 heteroatoms. The van der Waals surface area contributed by atoms with E-state index in [0.717, 1.165) is 72.1 Å². The highest BCUT2D eigenvalue weighted by Crippen LogP contribution is 2.51. The van der Waals surface area contributed by atoms with Crippen LogP contribution in [0.5, 0.6) is 0 Å². The Labute approximate surface area is 332 Å². The van der Waals surface area contributed by atoms with Crippen LogP contribution in [0.2, 0.25) is 0 Å². The highest BCUT2D eigenvalue weighted by molar-refractivity contribution is 6.09. The van der Waals surface area contributed by atoms with E-state index in [4.69, 9.17) is 15.0 Å². The number of rotatable bonds is 5. The van der Waals surface area contributed by atoms with Crippen molar-refractivity contribution in [3.8, 4) is 67.4 Å². The Morgan fingerprint density at radius 3 is 1.68 bits per heavy atom. The van der Waals surface area contributed by atoms with E-state index in [1.54, 1.807) is 0 Å². The van der Waals surface area contributed by atoms with Gasteiger partial charge in [-0.3, -0.25) is 0 Å². The average Bonchev–Trinajstić information content (AvgIpc) is 3.50. The second-order valence-corrected chi connectivity index (χ2v) is 15.6. The summed E-state index contributed by atoms with van der Waals surface area (Å²) < 4.78 is 0. The third-order valence-electron chi connectivity index (χ3n) is 11.9. The summed E-state index contributed by atoms with van der Waals surface area (Å²) in [6.07, 6.45) is 0. The molecule has 0 N–H and O–H groups in total. The van der Waals surface area contributed by atoms with Gasteiger partial charge in [-0.1, -0.05) is 166 Å². The zero-order chi connectivity index (χ0) is 38.1. The summed E-state index contributed by atoms with van der Waals surface area (Å²) in [5.74, 6) is 0.685. The standard InChI is InChI=1S/C54H37N3/c1-54(2)47-27-14-13-25-41(47)45-30-46-44(31-49(35-17-5-3-6-18-35)55-51(46)32-48(45)54)43-29-38(28-37-21-10-12-24-40(37)43)53-56-50(36-19-7-4-8-20-36)33-52(57-53)42-26-15-22-34-16-9-11-23-39(34)42/h3-33H,1-2H3. The molecule has 0 spiro atoms. The summed E-state index contributed by atoms with van der Waals surface area (Å²) in [6, 6.07) is 67.1. The Balaban J connectivity index is 1.20. The van der Waals surface area contributed by atoms with Gasteiger partial charge in [0, 0.05) is 33.1 Å². The topological polar surface area (TPSA) is 38.7 Å². The van der Waals surface area contributed by atoms with Crippen molar-refractivity contribution in [1.29, 1.82) is 0 Å². The molecule has 0 saturated carbocycles. The summed E-state index contributed by atoms with van der Waals surface area (Å²) in [7, 11) is 0. The van der Waals surface area contributed by atoms with E-state index < -0.39 is 0 Å². The van der Waals surface area contributed by atoms with Crippen LogP contribution in [0.4, 0.5) is 0 Å². The minimum absolute atomic E-state index is 0.139. The van der Waals surface area contributed by atoms with Gasteiger partial charge in [-0.25, -0.2) is 15.0 Å². The van der Waals surface area contributed by atoms with Crippen molar-refractivity contribution < 1.29 is 0 Å². The van der Waals surface area contributed by atoms with Crippen LogP contribution in [0, 0.1) is 0 Å².